The predicted molar refractivity (Wildman–Crippen MR) is 87.3 cm³/mol. The zero-order valence-corrected chi connectivity index (χ0v) is 14.2. The lowest BCUT2D eigenvalue weighted by atomic mass is 9.98. The molecular formula is C16H29NO3S. The van der Waals surface area contributed by atoms with Gasteiger partial charge < -0.3 is 5.11 Å². The van der Waals surface area contributed by atoms with Crippen LogP contribution >= 0.6 is 11.8 Å². The van der Waals surface area contributed by atoms with E-state index in [-0.39, 0.29) is 23.2 Å². The third kappa shape index (κ3) is 6.39. The topological polar surface area (TPSA) is 57.6 Å². The van der Waals surface area contributed by atoms with Crippen LogP contribution in [0.4, 0.5) is 0 Å². The quantitative estimate of drug-likeness (QED) is 0.470. The van der Waals surface area contributed by atoms with E-state index in [0.29, 0.717) is 25.1 Å². The molecule has 1 aliphatic rings. The molecule has 0 aromatic heterocycles. The number of likely N-dealkylation sites (tertiary alicyclic amines) is 1. The molecule has 1 N–H and O–H groups in total. The van der Waals surface area contributed by atoms with Crippen molar-refractivity contribution in [3.63, 3.8) is 0 Å². The zero-order valence-electron chi connectivity index (χ0n) is 13.4. The second kappa shape index (κ2) is 9.46. The van der Waals surface area contributed by atoms with Gasteiger partial charge >= 0.3 is 0 Å². The smallest absolute Gasteiger partial charge is 0.229 e. The van der Waals surface area contributed by atoms with E-state index in [0.717, 1.165) is 12.8 Å². The summed E-state index contributed by atoms with van der Waals surface area (Å²) in [6, 6.07) is 0. The number of carbonyl (C=O) groups is 2. The van der Waals surface area contributed by atoms with Gasteiger partial charge in [-0.05, 0) is 12.8 Å². The third-order valence-electron chi connectivity index (χ3n) is 4.12. The maximum Gasteiger partial charge on any atom is 0.229 e. The fraction of sp³-hybridized carbons (Fsp3) is 0.875. The number of rotatable bonds is 11. The first-order valence-corrected chi connectivity index (χ1v) is 9.09. The number of imide groups is 1. The van der Waals surface area contributed by atoms with Gasteiger partial charge in [0.05, 0.1) is 6.61 Å². The highest BCUT2D eigenvalue weighted by atomic mass is 32.2. The van der Waals surface area contributed by atoms with Crippen molar-refractivity contribution in [2.75, 3.05) is 18.9 Å². The minimum Gasteiger partial charge on any atom is -0.396 e. The van der Waals surface area contributed by atoms with E-state index in [1.54, 1.807) is 11.8 Å². The van der Waals surface area contributed by atoms with Crippen molar-refractivity contribution in [1.29, 1.82) is 0 Å². The lowest BCUT2D eigenvalue weighted by molar-refractivity contribution is -0.138. The average Bonchev–Trinajstić information content (AvgIpc) is 2.79. The highest BCUT2D eigenvalue weighted by molar-refractivity contribution is 8.00. The van der Waals surface area contributed by atoms with Gasteiger partial charge in [0, 0.05) is 29.9 Å². The highest BCUT2D eigenvalue weighted by Gasteiger charge is 2.32. The Kier molecular flexibility index (Phi) is 8.34. The molecule has 1 unspecified atom stereocenters. The second-order valence-electron chi connectivity index (χ2n) is 6.02. The summed E-state index contributed by atoms with van der Waals surface area (Å²) in [6.45, 7) is 5.10. The Hall–Kier alpha value is -0.550. The van der Waals surface area contributed by atoms with Crippen molar-refractivity contribution >= 4 is 23.6 Å². The van der Waals surface area contributed by atoms with Crippen LogP contribution in [0.15, 0.2) is 0 Å². The van der Waals surface area contributed by atoms with E-state index >= 15 is 0 Å². The third-order valence-corrected chi connectivity index (χ3v) is 5.61. The van der Waals surface area contributed by atoms with Crippen LogP contribution in [0.3, 0.4) is 0 Å². The normalized spacial score (nSPS) is 18.3. The number of hydrogen-bond donors (Lipinski definition) is 1. The molecule has 122 valence electrons. The summed E-state index contributed by atoms with van der Waals surface area (Å²) in [5.41, 5.74) is 0. The molecule has 1 heterocycles. The summed E-state index contributed by atoms with van der Waals surface area (Å²) in [7, 11) is 0. The van der Waals surface area contributed by atoms with Gasteiger partial charge in [-0.3, -0.25) is 14.5 Å². The molecule has 1 aliphatic heterocycles. The first-order chi connectivity index (χ1) is 10.0. The number of amides is 2. The molecule has 0 aromatic rings. The van der Waals surface area contributed by atoms with Crippen molar-refractivity contribution in [3.05, 3.63) is 0 Å². The van der Waals surface area contributed by atoms with Gasteiger partial charge in [0.1, 0.15) is 0 Å². The van der Waals surface area contributed by atoms with Crippen LogP contribution in [0.25, 0.3) is 0 Å². The van der Waals surface area contributed by atoms with Crippen LogP contribution in [0.1, 0.15) is 65.2 Å². The Morgan fingerprint density at radius 3 is 2.38 bits per heavy atom. The summed E-state index contributed by atoms with van der Waals surface area (Å²) in [5, 5.41) is 9.06. The first-order valence-electron chi connectivity index (χ1n) is 8.10. The van der Waals surface area contributed by atoms with Gasteiger partial charge in [0.25, 0.3) is 0 Å². The molecule has 21 heavy (non-hydrogen) atoms. The summed E-state index contributed by atoms with van der Waals surface area (Å²) >= 11 is 1.77. The number of aliphatic hydroxyl groups excluding tert-OH is 1. The molecule has 2 amide bonds. The number of unbranched alkanes of at least 4 members (excludes halogenated alkanes) is 3. The lowest BCUT2D eigenvalue weighted by Gasteiger charge is -2.30. The van der Waals surface area contributed by atoms with Crippen LogP contribution in [0.5, 0.6) is 0 Å². The van der Waals surface area contributed by atoms with Crippen molar-refractivity contribution in [2.45, 2.75) is 70.0 Å². The molecule has 0 saturated carbocycles. The van der Waals surface area contributed by atoms with E-state index in [4.69, 9.17) is 5.11 Å². The van der Waals surface area contributed by atoms with Crippen LogP contribution in [-0.2, 0) is 9.59 Å². The van der Waals surface area contributed by atoms with E-state index < -0.39 is 0 Å². The number of hydrogen-bond acceptors (Lipinski definition) is 4. The van der Waals surface area contributed by atoms with Gasteiger partial charge in [-0.2, -0.15) is 11.8 Å². The summed E-state index contributed by atoms with van der Waals surface area (Å²) in [6.07, 6.45) is 7.51. The van der Waals surface area contributed by atoms with Gasteiger partial charge in [-0.25, -0.2) is 0 Å². The fourth-order valence-corrected chi connectivity index (χ4v) is 3.82. The maximum absolute atomic E-state index is 11.7. The van der Waals surface area contributed by atoms with Gasteiger partial charge in [-0.15, -0.1) is 0 Å². The van der Waals surface area contributed by atoms with Gasteiger partial charge in [-0.1, -0.05) is 39.5 Å². The highest BCUT2D eigenvalue weighted by Crippen LogP contribution is 2.34. The molecular weight excluding hydrogens is 286 g/mol. The van der Waals surface area contributed by atoms with Gasteiger partial charge in [0.2, 0.25) is 11.8 Å². The van der Waals surface area contributed by atoms with Gasteiger partial charge in [0.15, 0.2) is 0 Å². The molecule has 0 spiro atoms. The van der Waals surface area contributed by atoms with E-state index in [2.05, 4.69) is 13.8 Å². The fourth-order valence-electron chi connectivity index (χ4n) is 2.71. The molecule has 1 atom stereocenters. The monoisotopic (exact) mass is 315 g/mol. The zero-order chi connectivity index (χ0) is 15.7. The number of nitrogens with zero attached hydrogens (tertiary/aromatic N) is 1. The number of carbonyl (C=O) groups excluding carboxylic acids is 2. The lowest BCUT2D eigenvalue weighted by Crippen LogP contribution is -2.35. The van der Waals surface area contributed by atoms with Crippen LogP contribution < -0.4 is 0 Å². The SMILES string of the molecule is CCCCCCC(C)(CCN1C(=O)CCC1=O)SCCO. The van der Waals surface area contributed by atoms with Crippen LogP contribution in [0, 0.1) is 0 Å². The summed E-state index contributed by atoms with van der Waals surface area (Å²) < 4.78 is 0.0413. The minimum absolute atomic E-state index is 0.0273. The van der Waals surface area contributed by atoms with E-state index in [9.17, 15) is 9.59 Å². The molecule has 0 radical (unpaired) electrons. The summed E-state index contributed by atoms with van der Waals surface area (Å²) in [4.78, 5) is 24.8. The van der Waals surface area contributed by atoms with E-state index in [1.807, 2.05) is 0 Å². The number of aliphatic hydroxyl groups is 1. The van der Waals surface area contributed by atoms with Crippen molar-refractivity contribution in [1.82, 2.24) is 4.90 Å². The second-order valence-corrected chi connectivity index (χ2v) is 7.70. The summed E-state index contributed by atoms with van der Waals surface area (Å²) in [5.74, 6) is 0.660. The molecule has 5 heteroatoms. The molecule has 0 bridgehead atoms. The molecule has 1 fully saturated rings. The standard InChI is InChI=1S/C16H29NO3S/c1-3-4-5-6-9-16(2,21-13-12-18)10-11-17-14(19)7-8-15(17)20/h18H,3-13H2,1-2H3. The van der Waals surface area contributed by atoms with E-state index in [1.165, 1.54) is 30.6 Å². The number of thioether (sulfide) groups is 1. The van der Waals surface area contributed by atoms with Crippen molar-refractivity contribution < 1.29 is 14.7 Å². The van der Waals surface area contributed by atoms with Crippen molar-refractivity contribution in [2.24, 2.45) is 0 Å². The molecule has 1 rings (SSSR count). The molecule has 4 nitrogen and oxygen atoms in total. The average molecular weight is 315 g/mol. The first kappa shape index (κ1) is 18.5. The Morgan fingerprint density at radius 2 is 1.81 bits per heavy atom. The maximum atomic E-state index is 11.7. The Bertz CT molecular complexity index is 332. The predicted octanol–water partition coefficient (Wildman–Crippen LogP) is 2.98. The molecule has 1 saturated heterocycles. The van der Waals surface area contributed by atoms with Crippen LogP contribution in [0.2, 0.25) is 0 Å². The minimum atomic E-state index is -0.0273. The van der Waals surface area contributed by atoms with Crippen molar-refractivity contribution in [3.8, 4) is 0 Å². The largest absolute Gasteiger partial charge is 0.396 e. The Balaban J connectivity index is 2.47. The van der Waals surface area contributed by atoms with Crippen LogP contribution in [-0.4, -0.2) is 45.5 Å². The Labute approximate surface area is 132 Å². The molecule has 0 aliphatic carbocycles. The Morgan fingerprint density at radius 1 is 1.14 bits per heavy atom. The molecule has 0 aromatic carbocycles.